The van der Waals surface area contributed by atoms with Gasteiger partial charge in [-0.2, -0.15) is 5.10 Å². The summed E-state index contributed by atoms with van der Waals surface area (Å²) in [5, 5.41) is 9.69. The molecule has 106 valence electrons. The third-order valence-corrected chi connectivity index (χ3v) is 2.89. The number of nitrogens with zero attached hydrogens (tertiary/aromatic N) is 1. The fraction of sp³-hybridized carbons (Fsp3) is 0.0714. The van der Waals surface area contributed by atoms with Gasteiger partial charge in [0.05, 0.1) is 5.39 Å². The molecule has 0 spiro atoms. The topological polar surface area (TPSA) is 99.9 Å². The lowest BCUT2D eigenvalue weighted by Crippen LogP contribution is -2.14. The Morgan fingerprint density at radius 2 is 2.00 bits per heavy atom. The van der Waals surface area contributed by atoms with E-state index in [0.717, 1.165) is 5.56 Å². The molecule has 3 rings (SSSR count). The highest BCUT2D eigenvalue weighted by molar-refractivity contribution is 5.95. The van der Waals surface area contributed by atoms with E-state index in [1.165, 1.54) is 6.07 Å². The number of rotatable bonds is 3. The van der Waals surface area contributed by atoms with Crippen molar-refractivity contribution < 1.29 is 9.53 Å². The minimum atomic E-state index is -0.613. The fourth-order valence-corrected chi connectivity index (χ4v) is 1.88. The Morgan fingerprint density at radius 1 is 1.19 bits per heavy atom. The summed E-state index contributed by atoms with van der Waals surface area (Å²) in [6.45, 7) is 0.172. The molecule has 0 saturated heterocycles. The zero-order valence-corrected chi connectivity index (χ0v) is 10.9. The van der Waals surface area contributed by atoms with Crippen LogP contribution in [0.1, 0.15) is 5.56 Å². The SMILES string of the molecule is O=C(Nc1n[nH]c2[nH]c(=O)ccc12)OCc1ccccc1. The predicted molar refractivity (Wildman–Crippen MR) is 77.0 cm³/mol. The summed E-state index contributed by atoms with van der Waals surface area (Å²) in [6.07, 6.45) is -0.613. The van der Waals surface area contributed by atoms with Gasteiger partial charge in [0.25, 0.3) is 0 Å². The van der Waals surface area contributed by atoms with Gasteiger partial charge in [-0.25, -0.2) is 4.79 Å². The van der Waals surface area contributed by atoms with E-state index in [0.29, 0.717) is 16.9 Å². The molecular formula is C14H12N4O3. The van der Waals surface area contributed by atoms with Crippen molar-refractivity contribution in [2.45, 2.75) is 6.61 Å². The van der Waals surface area contributed by atoms with Crippen LogP contribution in [0.25, 0.3) is 11.0 Å². The number of pyridine rings is 1. The zero-order chi connectivity index (χ0) is 14.7. The molecule has 0 atom stereocenters. The number of hydrogen-bond donors (Lipinski definition) is 3. The van der Waals surface area contributed by atoms with E-state index in [2.05, 4.69) is 20.5 Å². The maximum absolute atomic E-state index is 11.7. The van der Waals surface area contributed by atoms with Gasteiger partial charge in [-0.15, -0.1) is 0 Å². The standard InChI is InChI=1S/C14H12N4O3/c19-11-7-6-10-12(15-11)17-18-13(10)16-14(20)21-8-9-4-2-1-3-5-9/h1-7H,8H2,(H3,15,16,17,18,19,20). The van der Waals surface area contributed by atoms with E-state index < -0.39 is 6.09 Å². The monoisotopic (exact) mass is 284 g/mol. The highest BCUT2D eigenvalue weighted by atomic mass is 16.5. The second kappa shape index (κ2) is 5.49. The van der Waals surface area contributed by atoms with Crippen molar-refractivity contribution in [3.63, 3.8) is 0 Å². The van der Waals surface area contributed by atoms with Gasteiger partial charge in [0, 0.05) is 6.07 Å². The number of benzene rings is 1. The number of H-pyrrole nitrogens is 2. The minimum Gasteiger partial charge on any atom is -0.444 e. The lowest BCUT2D eigenvalue weighted by molar-refractivity contribution is 0.155. The molecule has 0 radical (unpaired) electrons. The Kier molecular flexibility index (Phi) is 3.38. The van der Waals surface area contributed by atoms with Gasteiger partial charge in [-0.05, 0) is 11.6 Å². The molecule has 0 saturated carbocycles. The van der Waals surface area contributed by atoms with E-state index in [9.17, 15) is 9.59 Å². The Labute approximate surface area is 119 Å². The molecule has 1 aromatic carbocycles. The maximum atomic E-state index is 11.7. The first-order valence-electron chi connectivity index (χ1n) is 6.27. The molecule has 2 aromatic heterocycles. The molecule has 3 N–H and O–H groups in total. The third kappa shape index (κ3) is 2.92. The number of nitrogens with one attached hydrogen (secondary N) is 3. The summed E-state index contributed by atoms with van der Waals surface area (Å²) in [5.41, 5.74) is 1.09. The van der Waals surface area contributed by atoms with E-state index in [4.69, 9.17) is 4.74 Å². The van der Waals surface area contributed by atoms with Crippen LogP contribution < -0.4 is 10.9 Å². The molecule has 2 heterocycles. The van der Waals surface area contributed by atoms with Crippen LogP contribution in [0, 0.1) is 0 Å². The van der Waals surface area contributed by atoms with Crippen molar-refractivity contribution in [3.8, 4) is 0 Å². The number of aromatic amines is 2. The van der Waals surface area contributed by atoms with Crippen LogP contribution in [-0.2, 0) is 11.3 Å². The van der Waals surface area contributed by atoms with Gasteiger partial charge in [-0.3, -0.25) is 15.2 Å². The van der Waals surface area contributed by atoms with E-state index in [-0.39, 0.29) is 12.2 Å². The van der Waals surface area contributed by atoms with Crippen LogP contribution in [0.5, 0.6) is 0 Å². The molecule has 0 aliphatic rings. The summed E-state index contributed by atoms with van der Waals surface area (Å²) in [5.74, 6) is 0.305. The molecule has 0 aliphatic carbocycles. The molecule has 1 amide bonds. The van der Waals surface area contributed by atoms with Gasteiger partial charge in [0.2, 0.25) is 5.56 Å². The summed E-state index contributed by atoms with van der Waals surface area (Å²) in [4.78, 5) is 25.5. The quantitative estimate of drug-likeness (QED) is 0.684. The van der Waals surface area contributed by atoms with Gasteiger partial charge < -0.3 is 9.72 Å². The highest BCUT2D eigenvalue weighted by Crippen LogP contribution is 2.16. The Bertz CT molecular complexity index is 823. The number of carbonyl (C=O) groups is 1. The molecule has 7 nitrogen and oxygen atoms in total. The van der Waals surface area contributed by atoms with Crippen molar-refractivity contribution in [2.75, 3.05) is 5.32 Å². The Morgan fingerprint density at radius 3 is 2.81 bits per heavy atom. The summed E-state index contributed by atoms with van der Waals surface area (Å²) >= 11 is 0. The molecule has 0 bridgehead atoms. The molecular weight excluding hydrogens is 272 g/mol. The van der Waals surface area contributed by atoms with Gasteiger partial charge in [-0.1, -0.05) is 30.3 Å². The van der Waals surface area contributed by atoms with Gasteiger partial charge in [0.1, 0.15) is 12.3 Å². The maximum Gasteiger partial charge on any atom is 0.413 e. The van der Waals surface area contributed by atoms with Gasteiger partial charge >= 0.3 is 6.09 Å². The van der Waals surface area contributed by atoms with Gasteiger partial charge in [0.15, 0.2) is 5.82 Å². The van der Waals surface area contributed by atoms with Crippen LogP contribution in [0.3, 0.4) is 0 Å². The second-order valence-corrected chi connectivity index (χ2v) is 4.37. The zero-order valence-electron chi connectivity index (χ0n) is 10.9. The van der Waals surface area contributed by atoms with Crippen molar-refractivity contribution in [1.82, 2.24) is 15.2 Å². The van der Waals surface area contributed by atoms with Crippen LogP contribution in [0.4, 0.5) is 10.6 Å². The number of ether oxygens (including phenoxy) is 1. The third-order valence-electron chi connectivity index (χ3n) is 2.89. The second-order valence-electron chi connectivity index (χ2n) is 4.37. The molecule has 0 fully saturated rings. The van der Waals surface area contributed by atoms with Crippen LogP contribution >= 0.6 is 0 Å². The first-order chi connectivity index (χ1) is 10.2. The predicted octanol–water partition coefficient (Wildman–Crippen LogP) is 2.00. The lowest BCUT2D eigenvalue weighted by atomic mass is 10.2. The average Bonchev–Trinajstić information content (AvgIpc) is 2.88. The molecule has 21 heavy (non-hydrogen) atoms. The van der Waals surface area contributed by atoms with Crippen LogP contribution in [-0.4, -0.2) is 21.3 Å². The highest BCUT2D eigenvalue weighted by Gasteiger charge is 2.10. The first-order valence-corrected chi connectivity index (χ1v) is 6.27. The number of amides is 1. The van der Waals surface area contributed by atoms with Crippen LogP contribution in [0.15, 0.2) is 47.3 Å². The first kappa shape index (κ1) is 12.9. The van der Waals surface area contributed by atoms with Crippen molar-refractivity contribution >= 4 is 22.9 Å². The Balaban J connectivity index is 1.68. The van der Waals surface area contributed by atoms with Crippen molar-refractivity contribution in [1.29, 1.82) is 0 Å². The Hall–Kier alpha value is -3.09. The van der Waals surface area contributed by atoms with Crippen molar-refractivity contribution in [3.05, 3.63) is 58.4 Å². The van der Waals surface area contributed by atoms with Crippen LogP contribution in [0.2, 0.25) is 0 Å². The lowest BCUT2D eigenvalue weighted by Gasteiger charge is -2.05. The van der Waals surface area contributed by atoms with Crippen molar-refractivity contribution in [2.24, 2.45) is 0 Å². The largest absolute Gasteiger partial charge is 0.444 e. The van der Waals surface area contributed by atoms with E-state index in [1.807, 2.05) is 30.3 Å². The fourth-order valence-electron chi connectivity index (χ4n) is 1.88. The normalized spacial score (nSPS) is 10.5. The summed E-state index contributed by atoms with van der Waals surface area (Å²) in [6, 6.07) is 12.3. The molecule has 0 aliphatic heterocycles. The van der Waals surface area contributed by atoms with E-state index >= 15 is 0 Å². The average molecular weight is 284 g/mol. The molecule has 3 aromatic rings. The molecule has 0 unspecified atom stereocenters. The van der Waals surface area contributed by atoms with E-state index in [1.54, 1.807) is 6.07 Å². The number of carbonyl (C=O) groups excluding carboxylic acids is 1. The number of anilines is 1. The number of fused-ring (bicyclic) bond motifs is 1. The smallest absolute Gasteiger partial charge is 0.413 e. The minimum absolute atomic E-state index is 0.172. The summed E-state index contributed by atoms with van der Waals surface area (Å²) in [7, 11) is 0. The molecule has 7 heteroatoms. The number of hydrogen-bond acceptors (Lipinski definition) is 4. The summed E-state index contributed by atoms with van der Waals surface area (Å²) < 4.78 is 5.10. The number of aromatic nitrogens is 3.